The second-order valence-corrected chi connectivity index (χ2v) is 7.64. The minimum absolute atomic E-state index is 0.108. The van der Waals surface area contributed by atoms with E-state index in [-0.39, 0.29) is 11.9 Å². The Morgan fingerprint density at radius 3 is 2.68 bits per heavy atom. The van der Waals surface area contributed by atoms with Crippen molar-refractivity contribution in [1.29, 1.82) is 0 Å². The summed E-state index contributed by atoms with van der Waals surface area (Å²) in [5.74, 6) is -0.108. The molecule has 2 atom stereocenters. The second-order valence-electron chi connectivity index (χ2n) is 6.41. The van der Waals surface area contributed by atoms with E-state index in [1.54, 1.807) is 6.07 Å². The molecule has 2 aromatic rings. The maximum atomic E-state index is 12.6. The minimum atomic E-state index is -0.248. The van der Waals surface area contributed by atoms with Gasteiger partial charge in [-0.15, -0.1) is 0 Å². The van der Waals surface area contributed by atoms with Crippen LogP contribution in [0.5, 0.6) is 0 Å². The summed E-state index contributed by atoms with van der Waals surface area (Å²) >= 11 is 18.1. The van der Waals surface area contributed by atoms with Gasteiger partial charge in [-0.05, 0) is 37.5 Å². The number of halogens is 3. The Hall–Kier alpha value is -1.26. The van der Waals surface area contributed by atoms with E-state index in [0.29, 0.717) is 26.8 Å². The Bertz CT molecular complexity index is 794. The normalized spacial score (nSPS) is 17.7. The molecule has 0 aliphatic heterocycles. The van der Waals surface area contributed by atoms with Crippen LogP contribution in [0, 0.1) is 0 Å². The Kier molecular flexibility index (Phi) is 5.90. The zero-order chi connectivity index (χ0) is 18.0. The van der Waals surface area contributed by atoms with Gasteiger partial charge in [-0.2, -0.15) is 0 Å². The van der Waals surface area contributed by atoms with E-state index >= 15 is 0 Å². The largest absolute Gasteiger partial charge is 0.330 e. The molecule has 0 fully saturated rings. The van der Waals surface area contributed by atoms with Gasteiger partial charge in [-0.3, -0.25) is 4.79 Å². The number of benzene rings is 2. The highest BCUT2D eigenvalue weighted by molar-refractivity contribution is 6.44. The van der Waals surface area contributed by atoms with Crippen LogP contribution in [0.3, 0.4) is 0 Å². The average molecular weight is 399 g/mol. The molecule has 3 rings (SSSR count). The third kappa shape index (κ3) is 4.29. The Balaban J connectivity index is 1.69. The maximum Gasteiger partial charge on any atom is 0.282 e. The fourth-order valence-corrected chi connectivity index (χ4v) is 3.89. The summed E-state index contributed by atoms with van der Waals surface area (Å²) in [6, 6.07) is 11.6. The Morgan fingerprint density at radius 2 is 1.88 bits per heavy atom. The number of quaternary nitrogens is 1. The summed E-state index contributed by atoms with van der Waals surface area (Å²) in [6.07, 6.45) is 3.33. The number of amides is 1. The second kappa shape index (κ2) is 7.96. The van der Waals surface area contributed by atoms with E-state index in [1.165, 1.54) is 17.2 Å². The van der Waals surface area contributed by atoms with E-state index in [4.69, 9.17) is 34.8 Å². The third-order valence-corrected chi connectivity index (χ3v) is 5.65. The molecule has 1 aliphatic rings. The molecule has 1 aliphatic carbocycles. The lowest BCUT2D eigenvalue weighted by atomic mass is 9.87. The van der Waals surface area contributed by atoms with Gasteiger partial charge in [0.1, 0.15) is 6.04 Å². The van der Waals surface area contributed by atoms with Gasteiger partial charge in [0.05, 0.1) is 20.8 Å². The summed E-state index contributed by atoms with van der Waals surface area (Å²) in [5.41, 5.74) is 3.20. The van der Waals surface area contributed by atoms with Gasteiger partial charge in [0.25, 0.3) is 5.91 Å². The average Bonchev–Trinajstić information content (AvgIpc) is 2.60. The molecule has 3 nitrogen and oxygen atoms in total. The SMILES string of the molecule is C[C@@H]([NH2+][C@@H]1CCCc2ccccc21)C(=O)Nc1cc(Cl)c(Cl)cc1Cl. The number of carbonyl (C=O) groups excluding carboxylic acids is 1. The van der Waals surface area contributed by atoms with E-state index in [0.717, 1.165) is 19.3 Å². The fraction of sp³-hybridized carbons (Fsp3) is 0.316. The predicted molar refractivity (Wildman–Crippen MR) is 104 cm³/mol. The highest BCUT2D eigenvalue weighted by Gasteiger charge is 2.27. The highest BCUT2D eigenvalue weighted by Crippen LogP contribution is 2.32. The first-order chi connectivity index (χ1) is 12.0. The minimum Gasteiger partial charge on any atom is -0.330 e. The van der Waals surface area contributed by atoms with Crippen molar-refractivity contribution in [3.8, 4) is 0 Å². The molecule has 0 aromatic heterocycles. The molecule has 0 spiro atoms. The van der Waals surface area contributed by atoms with Crippen LogP contribution in [-0.2, 0) is 11.2 Å². The quantitative estimate of drug-likeness (QED) is 0.726. The number of hydrogen-bond acceptors (Lipinski definition) is 1. The first kappa shape index (κ1) is 18.5. The molecule has 2 aromatic carbocycles. The monoisotopic (exact) mass is 397 g/mol. The molecule has 0 saturated heterocycles. The van der Waals surface area contributed by atoms with E-state index in [1.807, 2.05) is 6.92 Å². The zero-order valence-corrected chi connectivity index (χ0v) is 16.1. The van der Waals surface area contributed by atoms with Crippen molar-refractivity contribution in [2.75, 3.05) is 5.32 Å². The van der Waals surface area contributed by atoms with Crippen molar-refractivity contribution in [1.82, 2.24) is 0 Å². The lowest BCUT2D eigenvalue weighted by Crippen LogP contribution is -2.92. The molecule has 6 heteroatoms. The number of nitrogens with one attached hydrogen (secondary N) is 1. The standard InChI is InChI=1S/C19H19Cl3N2O/c1-11(19(25)24-18-10-15(21)14(20)9-16(18)22)23-17-8-4-6-12-5-2-3-7-13(12)17/h2-3,5,7,9-11,17,23H,4,6,8H2,1H3,(H,24,25)/p+1/t11-,17-/m1/s1. The van der Waals surface area contributed by atoms with Crippen molar-refractivity contribution in [2.24, 2.45) is 0 Å². The van der Waals surface area contributed by atoms with E-state index < -0.39 is 0 Å². The molecule has 132 valence electrons. The van der Waals surface area contributed by atoms with Crippen LogP contribution >= 0.6 is 34.8 Å². The fourth-order valence-electron chi connectivity index (χ4n) is 3.29. The van der Waals surface area contributed by atoms with Gasteiger partial charge >= 0.3 is 0 Å². The van der Waals surface area contributed by atoms with Gasteiger partial charge in [0.2, 0.25) is 0 Å². The number of nitrogens with two attached hydrogens (primary N) is 1. The topological polar surface area (TPSA) is 45.7 Å². The number of rotatable bonds is 4. The van der Waals surface area contributed by atoms with Crippen LogP contribution in [0.2, 0.25) is 15.1 Å². The number of anilines is 1. The lowest BCUT2D eigenvalue weighted by Gasteiger charge is -2.26. The first-order valence-electron chi connectivity index (χ1n) is 8.34. The van der Waals surface area contributed by atoms with E-state index in [2.05, 4.69) is 34.9 Å². The van der Waals surface area contributed by atoms with Crippen LogP contribution in [0.4, 0.5) is 5.69 Å². The number of aryl methyl sites for hydroxylation is 1. The summed E-state index contributed by atoms with van der Waals surface area (Å²) in [6.45, 7) is 1.90. The molecule has 1 amide bonds. The molecule has 0 bridgehead atoms. The van der Waals surface area contributed by atoms with Crippen LogP contribution in [-0.4, -0.2) is 11.9 Å². The summed E-state index contributed by atoms with van der Waals surface area (Å²) in [5, 5.41) is 6.07. The highest BCUT2D eigenvalue weighted by atomic mass is 35.5. The number of carbonyl (C=O) groups is 1. The van der Waals surface area contributed by atoms with Gasteiger partial charge < -0.3 is 10.6 Å². The molecular weight excluding hydrogens is 379 g/mol. The summed E-state index contributed by atoms with van der Waals surface area (Å²) in [7, 11) is 0. The molecule has 3 N–H and O–H groups in total. The van der Waals surface area contributed by atoms with Crippen molar-refractivity contribution in [3.05, 3.63) is 62.6 Å². The predicted octanol–water partition coefficient (Wildman–Crippen LogP) is 4.61. The Morgan fingerprint density at radius 1 is 1.16 bits per heavy atom. The van der Waals surface area contributed by atoms with Crippen molar-refractivity contribution in [3.63, 3.8) is 0 Å². The summed E-state index contributed by atoms with van der Waals surface area (Å²) in [4.78, 5) is 12.6. The molecular formula is C19H20Cl3N2O+. The maximum absolute atomic E-state index is 12.6. The zero-order valence-electron chi connectivity index (χ0n) is 13.9. The molecule has 25 heavy (non-hydrogen) atoms. The smallest absolute Gasteiger partial charge is 0.282 e. The summed E-state index contributed by atoms with van der Waals surface area (Å²) < 4.78 is 0. The molecule has 0 heterocycles. The van der Waals surface area contributed by atoms with E-state index in [9.17, 15) is 4.79 Å². The molecule has 0 unspecified atom stereocenters. The number of hydrogen-bond donors (Lipinski definition) is 2. The van der Waals surface area contributed by atoms with Crippen LogP contribution in [0.15, 0.2) is 36.4 Å². The van der Waals surface area contributed by atoms with Crippen LogP contribution in [0.25, 0.3) is 0 Å². The Labute approximate surface area is 162 Å². The van der Waals surface area contributed by atoms with Gasteiger partial charge in [0, 0.05) is 12.0 Å². The van der Waals surface area contributed by atoms with Crippen molar-refractivity contribution in [2.45, 2.75) is 38.3 Å². The molecule has 0 saturated carbocycles. The van der Waals surface area contributed by atoms with Crippen LogP contribution < -0.4 is 10.6 Å². The van der Waals surface area contributed by atoms with Crippen molar-refractivity contribution < 1.29 is 10.1 Å². The number of fused-ring (bicyclic) bond motifs is 1. The van der Waals surface area contributed by atoms with Crippen LogP contribution in [0.1, 0.15) is 36.9 Å². The molecule has 0 radical (unpaired) electrons. The van der Waals surface area contributed by atoms with Gasteiger partial charge in [0.15, 0.2) is 6.04 Å². The lowest BCUT2D eigenvalue weighted by molar-refractivity contribution is -0.714. The first-order valence-corrected chi connectivity index (χ1v) is 9.47. The van der Waals surface area contributed by atoms with Gasteiger partial charge in [-0.1, -0.05) is 59.1 Å². The third-order valence-electron chi connectivity index (χ3n) is 4.62. The van der Waals surface area contributed by atoms with Gasteiger partial charge in [-0.25, -0.2) is 0 Å². The van der Waals surface area contributed by atoms with Crippen molar-refractivity contribution >= 4 is 46.4 Å².